The topological polar surface area (TPSA) is 96.4 Å². The van der Waals surface area contributed by atoms with Gasteiger partial charge in [0.05, 0.1) is 13.2 Å². The van der Waals surface area contributed by atoms with Crippen molar-refractivity contribution in [1.82, 2.24) is 9.55 Å². The van der Waals surface area contributed by atoms with Crippen LogP contribution in [0, 0.1) is 0 Å². The standard InChI is InChI=1S/C20H25N3O4/c1-4-26-19(24)15(20(25)27-5-2)13-16-18(21)23(3)17(22-16)12-11-14-9-7-6-8-10-14/h6-10,13H,4-5,11-12,21H2,1-3H3. The van der Waals surface area contributed by atoms with Gasteiger partial charge in [0.2, 0.25) is 0 Å². The molecular weight excluding hydrogens is 346 g/mol. The molecule has 0 aliphatic rings. The van der Waals surface area contributed by atoms with Gasteiger partial charge in [-0.3, -0.25) is 0 Å². The molecule has 144 valence electrons. The summed E-state index contributed by atoms with van der Waals surface area (Å²) in [5, 5.41) is 0. The van der Waals surface area contributed by atoms with Gasteiger partial charge in [-0.05, 0) is 31.9 Å². The van der Waals surface area contributed by atoms with Gasteiger partial charge in [0.15, 0.2) is 0 Å². The summed E-state index contributed by atoms with van der Waals surface area (Å²) in [4.78, 5) is 28.7. The third kappa shape index (κ3) is 5.20. The van der Waals surface area contributed by atoms with Crippen LogP contribution in [0.25, 0.3) is 6.08 Å². The van der Waals surface area contributed by atoms with Crippen LogP contribution < -0.4 is 5.73 Å². The quantitative estimate of drug-likeness (QED) is 0.331. The van der Waals surface area contributed by atoms with Crippen molar-refractivity contribution < 1.29 is 19.1 Å². The van der Waals surface area contributed by atoms with E-state index in [0.717, 1.165) is 12.2 Å². The molecule has 1 heterocycles. The highest BCUT2D eigenvalue weighted by Gasteiger charge is 2.23. The number of benzene rings is 1. The highest BCUT2D eigenvalue weighted by atomic mass is 16.6. The Bertz CT molecular complexity index is 805. The van der Waals surface area contributed by atoms with Gasteiger partial charge in [-0.1, -0.05) is 30.3 Å². The number of rotatable bonds is 8. The first-order valence-electron chi connectivity index (χ1n) is 8.88. The molecule has 1 aromatic carbocycles. The van der Waals surface area contributed by atoms with Crippen molar-refractivity contribution in [2.45, 2.75) is 26.7 Å². The molecule has 7 heteroatoms. The van der Waals surface area contributed by atoms with Gasteiger partial charge < -0.3 is 19.8 Å². The highest BCUT2D eigenvalue weighted by molar-refractivity contribution is 6.17. The number of anilines is 1. The first-order valence-corrected chi connectivity index (χ1v) is 8.88. The molecule has 0 saturated heterocycles. The molecule has 1 aromatic heterocycles. The van der Waals surface area contributed by atoms with Crippen LogP contribution >= 0.6 is 0 Å². The number of carbonyl (C=O) groups is 2. The Kier molecular flexibility index (Phi) is 7.16. The number of nitrogen functional groups attached to an aromatic ring is 1. The fourth-order valence-electron chi connectivity index (χ4n) is 2.57. The molecule has 2 aromatic rings. The lowest BCUT2D eigenvalue weighted by molar-refractivity contribution is -0.146. The van der Waals surface area contributed by atoms with E-state index >= 15 is 0 Å². The zero-order valence-electron chi connectivity index (χ0n) is 15.9. The second kappa shape index (κ2) is 9.56. The van der Waals surface area contributed by atoms with E-state index in [2.05, 4.69) is 4.98 Å². The van der Waals surface area contributed by atoms with Gasteiger partial charge in [-0.25, -0.2) is 14.6 Å². The maximum Gasteiger partial charge on any atom is 0.345 e. The zero-order valence-corrected chi connectivity index (χ0v) is 15.9. The Morgan fingerprint density at radius 2 is 1.67 bits per heavy atom. The Labute approximate surface area is 158 Å². The van der Waals surface area contributed by atoms with Crippen molar-refractivity contribution >= 4 is 23.8 Å². The second-order valence-electron chi connectivity index (χ2n) is 5.84. The van der Waals surface area contributed by atoms with E-state index in [0.29, 0.717) is 17.9 Å². The van der Waals surface area contributed by atoms with E-state index < -0.39 is 11.9 Å². The minimum absolute atomic E-state index is 0.148. The Morgan fingerprint density at radius 1 is 1.07 bits per heavy atom. The summed E-state index contributed by atoms with van der Waals surface area (Å²) >= 11 is 0. The fourth-order valence-corrected chi connectivity index (χ4v) is 2.57. The summed E-state index contributed by atoms with van der Waals surface area (Å²) in [6.45, 7) is 3.63. The molecule has 0 spiro atoms. The molecule has 2 N–H and O–H groups in total. The van der Waals surface area contributed by atoms with Crippen molar-refractivity contribution in [1.29, 1.82) is 0 Å². The molecule has 0 bridgehead atoms. The Balaban J connectivity index is 2.28. The lowest BCUT2D eigenvalue weighted by Gasteiger charge is -2.06. The van der Waals surface area contributed by atoms with Crippen molar-refractivity contribution in [2.75, 3.05) is 18.9 Å². The molecule has 0 atom stereocenters. The SMILES string of the molecule is CCOC(=O)C(=Cc1nc(CCc2ccccc2)n(C)c1N)C(=O)OCC. The van der Waals surface area contributed by atoms with Gasteiger partial charge in [0.25, 0.3) is 0 Å². The summed E-state index contributed by atoms with van der Waals surface area (Å²) in [5.74, 6) is -0.391. The third-order valence-corrected chi connectivity index (χ3v) is 4.01. The molecule has 7 nitrogen and oxygen atoms in total. The number of imidazole rings is 1. The normalized spacial score (nSPS) is 10.3. The van der Waals surface area contributed by atoms with Crippen LogP contribution in [0.5, 0.6) is 0 Å². The first kappa shape index (κ1) is 20.2. The first-order chi connectivity index (χ1) is 13.0. The van der Waals surface area contributed by atoms with E-state index in [9.17, 15) is 9.59 Å². The van der Waals surface area contributed by atoms with E-state index in [1.165, 1.54) is 11.6 Å². The molecule has 0 radical (unpaired) electrons. The van der Waals surface area contributed by atoms with Crippen LogP contribution in [0.3, 0.4) is 0 Å². The van der Waals surface area contributed by atoms with Crippen LogP contribution in [0.1, 0.15) is 30.9 Å². The van der Waals surface area contributed by atoms with Crippen LogP contribution in [-0.4, -0.2) is 34.7 Å². The molecule has 0 amide bonds. The van der Waals surface area contributed by atoms with E-state index in [4.69, 9.17) is 15.2 Å². The maximum atomic E-state index is 12.1. The number of esters is 2. The number of carbonyl (C=O) groups excluding carboxylic acids is 2. The summed E-state index contributed by atoms with van der Waals surface area (Å²) < 4.78 is 11.6. The number of nitrogens with zero attached hydrogens (tertiary/aromatic N) is 2. The second-order valence-corrected chi connectivity index (χ2v) is 5.84. The highest BCUT2D eigenvalue weighted by Crippen LogP contribution is 2.19. The van der Waals surface area contributed by atoms with E-state index in [-0.39, 0.29) is 18.8 Å². The average molecular weight is 371 g/mol. The van der Waals surface area contributed by atoms with Gasteiger partial charge >= 0.3 is 11.9 Å². The molecular formula is C20H25N3O4. The predicted molar refractivity (Wildman–Crippen MR) is 103 cm³/mol. The molecule has 0 aliphatic heterocycles. The molecule has 27 heavy (non-hydrogen) atoms. The number of nitrogens with two attached hydrogens (primary N) is 1. The number of ether oxygens (including phenoxy) is 2. The molecule has 2 rings (SSSR count). The van der Waals surface area contributed by atoms with Crippen molar-refractivity contribution in [2.24, 2.45) is 7.05 Å². The summed E-state index contributed by atoms with van der Waals surface area (Å²) in [5.41, 5.74) is 7.43. The largest absolute Gasteiger partial charge is 0.462 e. The number of aromatic nitrogens is 2. The molecule has 0 fully saturated rings. The summed E-state index contributed by atoms with van der Waals surface area (Å²) in [7, 11) is 1.80. The summed E-state index contributed by atoms with van der Waals surface area (Å²) in [6, 6.07) is 10.0. The Morgan fingerprint density at radius 3 is 2.22 bits per heavy atom. The van der Waals surface area contributed by atoms with Crippen molar-refractivity contribution in [3.63, 3.8) is 0 Å². The molecule has 0 unspecified atom stereocenters. The predicted octanol–water partition coefficient (Wildman–Crippen LogP) is 2.30. The minimum atomic E-state index is -0.758. The lowest BCUT2D eigenvalue weighted by Crippen LogP contribution is -2.18. The van der Waals surface area contributed by atoms with Crippen LogP contribution in [0.4, 0.5) is 5.82 Å². The smallest absolute Gasteiger partial charge is 0.345 e. The molecule has 0 saturated carbocycles. The minimum Gasteiger partial charge on any atom is -0.462 e. The van der Waals surface area contributed by atoms with Crippen molar-refractivity contribution in [3.05, 3.63) is 53.0 Å². The monoisotopic (exact) mass is 371 g/mol. The van der Waals surface area contributed by atoms with E-state index in [1.807, 2.05) is 30.3 Å². The van der Waals surface area contributed by atoms with Crippen molar-refractivity contribution in [3.8, 4) is 0 Å². The fraction of sp³-hybridized carbons (Fsp3) is 0.350. The maximum absolute atomic E-state index is 12.1. The summed E-state index contributed by atoms with van der Waals surface area (Å²) in [6.07, 6.45) is 2.81. The third-order valence-electron chi connectivity index (χ3n) is 4.01. The van der Waals surface area contributed by atoms with Crippen LogP contribution in [-0.2, 0) is 39.0 Å². The Hall–Kier alpha value is -3.09. The van der Waals surface area contributed by atoms with Gasteiger partial charge in [0, 0.05) is 13.5 Å². The van der Waals surface area contributed by atoms with Crippen LogP contribution in [0.15, 0.2) is 35.9 Å². The van der Waals surface area contributed by atoms with E-state index in [1.54, 1.807) is 25.5 Å². The van der Waals surface area contributed by atoms with Gasteiger partial charge in [-0.15, -0.1) is 0 Å². The number of aryl methyl sites for hydroxylation is 2. The lowest BCUT2D eigenvalue weighted by atomic mass is 10.1. The molecule has 0 aliphatic carbocycles. The average Bonchev–Trinajstić information content (AvgIpc) is 2.93. The number of hydrogen-bond acceptors (Lipinski definition) is 6. The zero-order chi connectivity index (χ0) is 19.8. The van der Waals surface area contributed by atoms with Gasteiger partial charge in [0.1, 0.15) is 22.9 Å². The van der Waals surface area contributed by atoms with Crippen LogP contribution in [0.2, 0.25) is 0 Å². The number of hydrogen-bond donors (Lipinski definition) is 1. The van der Waals surface area contributed by atoms with Gasteiger partial charge in [-0.2, -0.15) is 0 Å².